The summed E-state index contributed by atoms with van der Waals surface area (Å²) < 4.78 is 16.9. The van der Waals surface area contributed by atoms with E-state index in [0.29, 0.717) is 17.1 Å². The van der Waals surface area contributed by atoms with Gasteiger partial charge in [-0.2, -0.15) is 23.5 Å². The predicted octanol–water partition coefficient (Wildman–Crippen LogP) is 3.68. The van der Waals surface area contributed by atoms with Crippen LogP contribution < -0.4 is 0 Å². The van der Waals surface area contributed by atoms with Crippen molar-refractivity contribution in [1.29, 1.82) is 0 Å². The van der Waals surface area contributed by atoms with Crippen molar-refractivity contribution in [3.05, 3.63) is 0 Å². The number of hydrogen-bond donors (Lipinski definition) is 0. The van der Waals surface area contributed by atoms with Gasteiger partial charge in [0.1, 0.15) is 13.2 Å². The molecule has 158 valence electrons. The van der Waals surface area contributed by atoms with Crippen LogP contribution in [0.3, 0.4) is 0 Å². The lowest BCUT2D eigenvalue weighted by molar-refractivity contribution is -0.163. The molecule has 0 aromatic heterocycles. The first-order valence-corrected chi connectivity index (χ1v) is 12.6. The number of thioether (sulfide) groups is 2. The predicted molar refractivity (Wildman–Crippen MR) is 112 cm³/mol. The molecule has 2 saturated heterocycles. The molecule has 0 aromatic carbocycles. The Labute approximate surface area is 176 Å². The topological polar surface area (TPSA) is 61.8 Å². The highest BCUT2D eigenvalue weighted by atomic mass is 32.2. The quantitative estimate of drug-likeness (QED) is 0.410. The van der Waals surface area contributed by atoms with E-state index in [1.54, 1.807) is 7.11 Å². The van der Waals surface area contributed by atoms with E-state index in [0.717, 1.165) is 55.4 Å². The molecule has 0 radical (unpaired) electrons. The molecule has 2 aliphatic carbocycles. The Morgan fingerprint density at radius 1 is 0.821 bits per heavy atom. The van der Waals surface area contributed by atoms with Crippen LogP contribution in [0.2, 0.25) is 0 Å². The molecule has 6 atom stereocenters. The third-order valence-electron chi connectivity index (χ3n) is 6.92. The van der Waals surface area contributed by atoms with Crippen LogP contribution in [-0.4, -0.2) is 59.9 Å². The van der Waals surface area contributed by atoms with Crippen LogP contribution in [0.4, 0.5) is 0 Å². The molecule has 6 unspecified atom stereocenters. The van der Waals surface area contributed by atoms with Gasteiger partial charge in [0.05, 0.1) is 23.9 Å². The van der Waals surface area contributed by atoms with Crippen molar-refractivity contribution < 1.29 is 23.8 Å². The first kappa shape index (κ1) is 20.9. The first-order chi connectivity index (χ1) is 13.5. The van der Waals surface area contributed by atoms with E-state index < -0.39 is 5.41 Å². The molecule has 4 aliphatic rings. The molecule has 2 heterocycles. The molecule has 0 spiro atoms. The van der Waals surface area contributed by atoms with Crippen molar-refractivity contribution >= 4 is 35.5 Å². The lowest BCUT2D eigenvalue weighted by Gasteiger charge is -2.32. The van der Waals surface area contributed by atoms with Gasteiger partial charge in [0.2, 0.25) is 0 Å². The van der Waals surface area contributed by atoms with Crippen molar-refractivity contribution in [3.8, 4) is 0 Å². The van der Waals surface area contributed by atoms with Gasteiger partial charge in [0.15, 0.2) is 0 Å². The maximum atomic E-state index is 12.6. The molecule has 0 bridgehead atoms. The molecule has 2 aliphatic heterocycles. The SMILES string of the molecule is CCC(COC)(COC(=O)C1CCC2SC2C1)COC(=O)C1CCC2SC2C1. The van der Waals surface area contributed by atoms with E-state index in [-0.39, 0.29) is 37.0 Å². The van der Waals surface area contributed by atoms with Gasteiger partial charge in [0.25, 0.3) is 0 Å². The summed E-state index contributed by atoms with van der Waals surface area (Å²) in [5.41, 5.74) is -0.461. The molecule has 28 heavy (non-hydrogen) atoms. The Balaban J connectivity index is 1.27. The average Bonchev–Trinajstić information content (AvgIpc) is 3.62. The summed E-state index contributed by atoms with van der Waals surface area (Å²) in [6.45, 7) is 2.97. The van der Waals surface area contributed by atoms with Crippen LogP contribution >= 0.6 is 23.5 Å². The van der Waals surface area contributed by atoms with Crippen LogP contribution in [0.5, 0.6) is 0 Å². The fourth-order valence-corrected chi connectivity index (χ4v) is 7.10. The van der Waals surface area contributed by atoms with Gasteiger partial charge in [-0.25, -0.2) is 0 Å². The molecule has 7 heteroatoms. The zero-order valence-corrected chi connectivity index (χ0v) is 18.5. The van der Waals surface area contributed by atoms with Crippen molar-refractivity contribution in [2.24, 2.45) is 17.3 Å². The highest BCUT2D eigenvalue weighted by molar-refractivity contribution is 8.08. The smallest absolute Gasteiger partial charge is 0.308 e. The number of carbonyl (C=O) groups is 2. The second-order valence-corrected chi connectivity index (χ2v) is 11.9. The molecule has 2 saturated carbocycles. The molecule has 0 amide bonds. The van der Waals surface area contributed by atoms with Crippen molar-refractivity contribution in [2.45, 2.75) is 72.9 Å². The van der Waals surface area contributed by atoms with Crippen LogP contribution in [0, 0.1) is 17.3 Å². The number of ether oxygens (including phenoxy) is 3. The normalized spacial score (nSPS) is 37.8. The van der Waals surface area contributed by atoms with Gasteiger partial charge in [-0.3, -0.25) is 9.59 Å². The summed E-state index contributed by atoms with van der Waals surface area (Å²) in [5, 5.41) is 2.91. The van der Waals surface area contributed by atoms with E-state index in [1.807, 2.05) is 30.4 Å². The van der Waals surface area contributed by atoms with Gasteiger partial charge in [-0.05, 0) is 44.9 Å². The lowest BCUT2D eigenvalue weighted by atomic mass is 9.86. The highest BCUT2D eigenvalue weighted by Crippen LogP contribution is 2.53. The lowest BCUT2D eigenvalue weighted by Crippen LogP contribution is -2.40. The zero-order chi connectivity index (χ0) is 19.7. The summed E-state index contributed by atoms with van der Waals surface area (Å²) in [7, 11) is 1.64. The van der Waals surface area contributed by atoms with E-state index in [9.17, 15) is 9.59 Å². The van der Waals surface area contributed by atoms with Gasteiger partial charge in [-0.15, -0.1) is 0 Å². The van der Waals surface area contributed by atoms with E-state index in [1.165, 1.54) is 0 Å². The largest absolute Gasteiger partial charge is 0.465 e. The van der Waals surface area contributed by atoms with Crippen molar-refractivity contribution in [3.63, 3.8) is 0 Å². The number of methoxy groups -OCH3 is 1. The average molecular weight is 429 g/mol. The molecule has 0 aromatic rings. The molecule has 0 N–H and O–H groups in total. The number of esters is 2. The minimum Gasteiger partial charge on any atom is -0.465 e. The number of hydrogen-bond acceptors (Lipinski definition) is 7. The van der Waals surface area contributed by atoms with Gasteiger partial charge in [0, 0.05) is 28.1 Å². The van der Waals surface area contributed by atoms with E-state index >= 15 is 0 Å². The summed E-state index contributed by atoms with van der Waals surface area (Å²) >= 11 is 4.00. The Morgan fingerprint density at radius 2 is 1.32 bits per heavy atom. The summed E-state index contributed by atoms with van der Waals surface area (Å²) in [4.78, 5) is 25.1. The molecule has 4 rings (SSSR count). The van der Waals surface area contributed by atoms with Gasteiger partial charge < -0.3 is 14.2 Å². The van der Waals surface area contributed by atoms with E-state index in [4.69, 9.17) is 14.2 Å². The minimum absolute atomic E-state index is 0.0297. The Hall–Kier alpha value is -0.400. The van der Waals surface area contributed by atoms with E-state index in [2.05, 4.69) is 0 Å². The molecular weight excluding hydrogens is 396 g/mol. The third-order valence-corrected chi connectivity index (χ3v) is 9.86. The molecular formula is C21H32O5S2. The number of fused-ring (bicyclic) bond motifs is 2. The highest BCUT2D eigenvalue weighted by Gasteiger charge is 2.47. The Kier molecular flexibility index (Phi) is 6.53. The van der Waals surface area contributed by atoms with Gasteiger partial charge >= 0.3 is 11.9 Å². The maximum absolute atomic E-state index is 12.6. The van der Waals surface area contributed by atoms with Crippen LogP contribution in [0.25, 0.3) is 0 Å². The Morgan fingerprint density at radius 3 is 1.71 bits per heavy atom. The second-order valence-electron chi connectivity index (χ2n) is 8.95. The van der Waals surface area contributed by atoms with Crippen LogP contribution in [0.1, 0.15) is 51.9 Å². The fraction of sp³-hybridized carbons (Fsp3) is 0.905. The zero-order valence-electron chi connectivity index (χ0n) is 16.9. The van der Waals surface area contributed by atoms with Crippen molar-refractivity contribution in [2.75, 3.05) is 26.9 Å². The van der Waals surface area contributed by atoms with Crippen LogP contribution in [-0.2, 0) is 23.8 Å². The maximum Gasteiger partial charge on any atom is 0.308 e. The third kappa shape index (κ3) is 4.84. The monoisotopic (exact) mass is 428 g/mol. The minimum atomic E-state index is -0.461. The first-order valence-electron chi connectivity index (χ1n) is 10.7. The summed E-state index contributed by atoms with van der Waals surface area (Å²) in [5.74, 6) is -0.116. The standard InChI is InChI=1S/C21H32O5S2/c1-3-21(10-24-2,11-25-19(22)13-4-6-15-17(8-13)27-15)12-26-20(23)14-5-7-16-18(9-14)28-16/h13-18H,3-12H2,1-2H3. The molecule has 5 nitrogen and oxygen atoms in total. The number of carbonyl (C=O) groups excluding carboxylic acids is 2. The second kappa shape index (κ2) is 8.76. The number of rotatable bonds is 9. The van der Waals surface area contributed by atoms with Crippen molar-refractivity contribution in [1.82, 2.24) is 0 Å². The Bertz CT molecular complexity index is 553. The summed E-state index contributed by atoms with van der Waals surface area (Å²) in [6.07, 6.45) is 6.78. The summed E-state index contributed by atoms with van der Waals surface area (Å²) in [6, 6.07) is 0. The van der Waals surface area contributed by atoms with Gasteiger partial charge in [-0.1, -0.05) is 6.92 Å². The molecule has 4 fully saturated rings. The fourth-order valence-electron chi connectivity index (χ4n) is 4.66. The van der Waals surface area contributed by atoms with Crippen LogP contribution in [0.15, 0.2) is 0 Å².